The molecule has 84 valence electrons. The Morgan fingerprint density at radius 2 is 2.00 bits per heavy atom. The van der Waals surface area contributed by atoms with Gasteiger partial charge < -0.3 is 5.11 Å². The van der Waals surface area contributed by atoms with Crippen LogP contribution in [0.15, 0.2) is 24.3 Å². The van der Waals surface area contributed by atoms with Crippen LogP contribution in [0.1, 0.15) is 11.5 Å². The second-order valence-electron chi connectivity index (χ2n) is 5.20. The molecule has 0 aliphatic rings. The summed E-state index contributed by atoms with van der Waals surface area (Å²) in [6.07, 6.45) is 0. The molecule has 1 aromatic rings. The van der Waals surface area contributed by atoms with Crippen molar-refractivity contribution < 1.29 is 5.11 Å². The van der Waals surface area contributed by atoms with Crippen molar-refractivity contribution in [2.24, 2.45) is 0 Å². The van der Waals surface area contributed by atoms with Gasteiger partial charge in [0.05, 0.1) is 0 Å². The average molecular weight is 243 g/mol. The summed E-state index contributed by atoms with van der Waals surface area (Å²) in [5.74, 6) is 0.246. The molecular weight excluding hydrogens is 224 g/mol. The Bertz CT molecular complexity index is 320. The summed E-state index contributed by atoms with van der Waals surface area (Å²) in [6, 6.07) is 8.93. The Balaban J connectivity index is 2.83. The van der Waals surface area contributed by atoms with Gasteiger partial charge in [-0.25, -0.2) is 0 Å². The third kappa shape index (κ3) is 4.37. The molecule has 0 aliphatic carbocycles. The number of aliphatic hydroxyl groups is 1. The van der Waals surface area contributed by atoms with E-state index < -0.39 is 8.07 Å². The van der Waals surface area contributed by atoms with E-state index in [2.05, 4.69) is 19.6 Å². The van der Waals surface area contributed by atoms with Crippen LogP contribution in [-0.4, -0.2) is 19.8 Å². The van der Waals surface area contributed by atoms with Gasteiger partial charge in [0.1, 0.15) is 0 Å². The van der Waals surface area contributed by atoms with Crippen LogP contribution in [0.3, 0.4) is 0 Å². The second kappa shape index (κ2) is 5.15. The van der Waals surface area contributed by atoms with Crippen molar-refractivity contribution in [1.82, 2.24) is 0 Å². The first-order valence-corrected chi connectivity index (χ1v) is 9.37. The van der Waals surface area contributed by atoms with Gasteiger partial charge in [0, 0.05) is 25.6 Å². The fraction of sp³-hybridized carbons (Fsp3) is 0.500. The standard InChI is InChI=1S/C12H19ClOSi/c1-15(2,3)9-11(8-14)10-5-4-6-12(13)7-10/h4-7,11,14H,8-9H2,1-3H3. The van der Waals surface area contributed by atoms with E-state index in [-0.39, 0.29) is 12.5 Å². The van der Waals surface area contributed by atoms with Gasteiger partial charge in [-0.15, -0.1) is 0 Å². The summed E-state index contributed by atoms with van der Waals surface area (Å²) in [5, 5.41) is 10.2. The van der Waals surface area contributed by atoms with Gasteiger partial charge in [-0.2, -0.15) is 0 Å². The molecule has 1 unspecified atom stereocenters. The van der Waals surface area contributed by atoms with Crippen LogP contribution in [-0.2, 0) is 0 Å². The van der Waals surface area contributed by atoms with Crippen molar-refractivity contribution in [2.75, 3.05) is 6.61 Å². The van der Waals surface area contributed by atoms with Crippen LogP contribution >= 0.6 is 11.6 Å². The molecule has 1 atom stereocenters. The number of benzene rings is 1. The van der Waals surface area contributed by atoms with E-state index in [1.165, 1.54) is 0 Å². The van der Waals surface area contributed by atoms with Crippen LogP contribution in [0.4, 0.5) is 0 Å². The molecule has 15 heavy (non-hydrogen) atoms. The van der Waals surface area contributed by atoms with Crippen LogP contribution in [0.2, 0.25) is 30.7 Å². The monoisotopic (exact) mass is 242 g/mol. The lowest BCUT2D eigenvalue weighted by Crippen LogP contribution is -2.24. The molecule has 0 aromatic heterocycles. The quantitative estimate of drug-likeness (QED) is 0.798. The average Bonchev–Trinajstić information content (AvgIpc) is 2.13. The van der Waals surface area contributed by atoms with E-state index in [1.807, 2.05) is 24.3 Å². The zero-order chi connectivity index (χ0) is 11.5. The highest BCUT2D eigenvalue weighted by atomic mass is 35.5. The van der Waals surface area contributed by atoms with Crippen molar-refractivity contribution >= 4 is 19.7 Å². The number of rotatable bonds is 4. The summed E-state index contributed by atoms with van der Waals surface area (Å²) in [5.41, 5.74) is 1.16. The fourth-order valence-corrected chi connectivity index (χ4v) is 3.83. The predicted octanol–water partition coefficient (Wildman–Crippen LogP) is 3.75. The van der Waals surface area contributed by atoms with E-state index in [0.29, 0.717) is 0 Å². The van der Waals surface area contributed by atoms with Crippen molar-refractivity contribution in [1.29, 1.82) is 0 Å². The molecular formula is C12H19ClOSi. The van der Waals surface area contributed by atoms with E-state index in [4.69, 9.17) is 11.6 Å². The van der Waals surface area contributed by atoms with E-state index >= 15 is 0 Å². The molecule has 0 bridgehead atoms. The first kappa shape index (κ1) is 12.8. The molecule has 0 heterocycles. The molecule has 1 N–H and O–H groups in total. The minimum absolute atomic E-state index is 0.213. The van der Waals surface area contributed by atoms with Crippen LogP contribution < -0.4 is 0 Å². The first-order valence-electron chi connectivity index (χ1n) is 5.29. The molecule has 1 nitrogen and oxygen atoms in total. The van der Waals surface area contributed by atoms with Crippen molar-refractivity contribution in [2.45, 2.75) is 31.6 Å². The van der Waals surface area contributed by atoms with Crippen molar-refractivity contribution in [3.63, 3.8) is 0 Å². The molecule has 3 heteroatoms. The number of hydrogen-bond donors (Lipinski definition) is 1. The molecule has 0 saturated carbocycles. The number of hydrogen-bond acceptors (Lipinski definition) is 1. The zero-order valence-electron chi connectivity index (χ0n) is 9.63. The first-order chi connectivity index (χ1) is 6.92. The Hall–Kier alpha value is -0.313. The lowest BCUT2D eigenvalue weighted by molar-refractivity contribution is 0.272. The topological polar surface area (TPSA) is 20.2 Å². The molecule has 0 amide bonds. The zero-order valence-corrected chi connectivity index (χ0v) is 11.4. The lowest BCUT2D eigenvalue weighted by atomic mass is 10.0. The minimum atomic E-state index is -1.14. The molecule has 0 aliphatic heterocycles. The SMILES string of the molecule is C[Si](C)(C)CC(CO)c1cccc(Cl)c1. The maximum atomic E-state index is 9.41. The van der Waals surface area contributed by atoms with Gasteiger partial charge in [-0.1, -0.05) is 43.4 Å². The molecule has 0 saturated heterocycles. The van der Waals surface area contributed by atoms with Crippen LogP contribution in [0.25, 0.3) is 0 Å². The molecule has 0 spiro atoms. The Labute approximate surface area is 98.1 Å². The highest BCUT2D eigenvalue weighted by molar-refractivity contribution is 6.76. The van der Waals surface area contributed by atoms with Gasteiger partial charge in [0.15, 0.2) is 0 Å². The summed E-state index contributed by atoms with van der Waals surface area (Å²) in [4.78, 5) is 0. The smallest absolute Gasteiger partial charge is 0.0497 e. The summed E-state index contributed by atoms with van der Waals surface area (Å²) < 4.78 is 0. The Kier molecular flexibility index (Phi) is 4.38. The van der Waals surface area contributed by atoms with E-state index in [0.717, 1.165) is 16.6 Å². The van der Waals surface area contributed by atoms with Crippen LogP contribution in [0.5, 0.6) is 0 Å². The largest absolute Gasteiger partial charge is 0.396 e. The van der Waals surface area contributed by atoms with E-state index in [9.17, 15) is 5.11 Å². The molecule has 0 fully saturated rings. The lowest BCUT2D eigenvalue weighted by Gasteiger charge is -2.23. The summed E-state index contributed by atoms with van der Waals surface area (Å²) in [6.45, 7) is 7.17. The fourth-order valence-electron chi connectivity index (χ4n) is 1.79. The number of aliphatic hydroxyl groups excluding tert-OH is 1. The van der Waals surface area contributed by atoms with Crippen molar-refractivity contribution in [3.8, 4) is 0 Å². The number of halogens is 1. The predicted molar refractivity (Wildman–Crippen MR) is 69.4 cm³/mol. The van der Waals surface area contributed by atoms with Gasteiger partial charge in [0.25, 0.3) is 0 Å². The highest BCUT2D eigenvalue weighted by Crippen LogP contribution is 2.27. The molecule has 1 rings (SSSR count). The van der Waals surface area contributed by atoms with Crippen molar-refractivity contribution in [3.05, 3.63) is 34.9 Å². The normalized spacial score (nSPS) is 13.9. The van der Waals surface area contributed by atoms with Gasteiger partial charge in [-0.3, -0.25) is 0 Å². The highest BCUT2D eigenvalue weighted by Gasteiger charge is 2.21. The summed E-state index contributed by atoms with van der Waals surface area (Å²) in [7, 11) is -1.14. The Morgan fingerprint density at radius 3 is 2.47 bits per heavy atom. The maximum absolute atomic E-state index is 9.41. The molecule has 0 radical (unpaired) electrons. The third-order valence-corrected chi connectivity index (χ3v) is 4.35. The Morgan fingerprint density at radius 1 is 1.33 bits per heavy atom. The summed E-state index contributed by atoms with van der Waals surface area (Å²) >= 11 is 5.95. The molecule has 1 aromatic carbocycles. The minimum Gasteiger partial charge on any atom is -0.396 e. The van der Waals surface area contributed by atoms with Gasteiger partial charge in [-0.05, 0) is 23.7 Å². The van der Waals surface area contributed by atoms with Gasteiger partial charge in [0.2, 0.25) is 0 Å². The van der Waals surface area contributed by atoms with Gasteiger partial charge >= 0.3 is 0 Å². The van der Waals surface area contributed by atoms with E-state index in [1.54, 1.807) is 0 Å². The van der Waals surface area contributed by atoms with Crippen LogP contribution in [0, 0.1) is 0 Å². The third-order valence-electron chi connectivity index (χ3n) is 2.40. The second-order valence-corrected chi connectivity index (χ2v) is 11.2. The maximum Gasteiger partial charge on any atom is 0.0497 e.